The molecule has 0 atom stereocenters. The fourth-order valence-corrected chi connectivity index (χ4v) is 1.85. The highest BCUT2D eigenvalue weighted by Crippen LogP contribution is 2.16. The maximum Gasteiger partial charge on any atom is 0.383 e. The summed E-state index contributed by atoms with van der Waals surface area (Å²) >= 11 is 0. The van der Waals surface area contributed by atoms with E-state index in [0.717, 1.165) is 4.68 Å². The second-order valence-corrected chi connectivity index (χ2v) is 4.39. The highest BCUT2D eigenvalue weighted by atomic mass is 16.6. The van der Waals surface area contributed by atoms with Gasteiger partial charge >= 0.3 is 5.97 Å². The first-order chi connectivity index (χ1) is 11.1. The molecule has 0 radical (unpaired) electrons. The van der Waals surface area contributed by atoms with Crippen molar-refractivity contribution in [2.45, 2.75) is 0 Å². The topological polar surface area (TPSA) is 113 Å². The van der Waals surface area contributed by atoms with Gasteiger partial charge in [0.05, 0.1) is 10.6 Å². The third-order valence-corrected chi connectivity index (χ3v) is 2.91. The molecule has 1 aromatic heterocycles. The normalized spacial score (nSPS) is 10.3. The van der Waals surface area contributed by atoms with Crippen LogP contribution in [0.25, 0.3) is 5.69 Å². The average molecular weight is 311 g/mol. The van der Waals surface area contributed by atoms with Crippen LogP contribution in [0.3, 0.4) is 0 Å². The Morgan fingerprint density at radius 1 is 1.09 bits per heavy atom. The Balaban J connectivity index is 1.87. The third kappa shape index (κ3) is 3.02. The molecule has 0 aliphatic carbocycles. The number of benzene rings is 2. The number of ether oxygens (including phenoxy) is 1. The van der Waals surface area contributed by atoms with E-state index < -0.39 is 10.9 Å². The molecule has 9 heteroatoms. The van der Waals surface area contributed by atoms with E-state index in [1.807, 2.05) is 0 Å². The van der Waals surface area contributed by atoms with Gasteiger partial charge in [0.25, 0.3) is 11.5 Å². The molecule has 1 heterocycles. The van der Waals surface area contributed by atoms with Crippen molar-refractivity contribution in [2.75, 3.05) is 0 Å². The van der Waals surface area contributed by atoms with E-state index in [9.17, 15) is 14.9 Å². The van der Waals surface area contributed by atoms with Crippen molar-refractivity contribution in [3.8, 4) is 11.4 Å². The van der Waals surface area contributed by atoms with E-state index in [1.165, 1.54) is 24.3 Å². The number of carbonyl (C=O) groups excluding carboxylic acids is 1. The van der Waals surface area contributed by atoms with Crippen LogP contribution in [0.15, 0.2) is 54.6 Å². The number of aromatic nitrogens is 4. The lowest BCUT2D eigenvalue weighted by atomic mass is 10.3. The molecule has 0 spiro atoms. The summed E-state index contributed by atoms with van der Waals surface area (Å²) in [5.74, 6) is -0.516. The van der Waals surface area contributed by atoms with E-state index >= 15 is 0 Å². The van der Waals surface area contributed by atoms with Crippen LogP contribution in [0, 0.1) is 10.1 Å². The van der Waals surface area contributed by atoms with Gasteiger partial charge in [-0.1, -0.05) is 18.2 Å². The maximum absolute atomic E-state index is 12.2. The number of nitro groups is 1. The molecule has 3 rings (SSSR count). The Bertz CT molecular complexity index is 845. The highest BCUT2D eigenvalue weighted by Gasteiger charge is 2.19. The molecule has 0 amide bonds. The predicted molar refractivity (Wildman–Crippen MR) is 77.2 cm³/mol. The van der Waals surface area contributed by atoms with Crippen LogP contribution in [0.1, 0.15) is 10.6 Å². The highest BCUT2D eigenvalue weighted by molar-refractivity contribution is 5.87. The van der Waals surface area contributed by atoms with E-state index in [1.54, 1.807) is 30.3 Å². The molecule has 0 saturated carbocycles. The molecule has 0 aliphatic heterocycles. The summed E-state index contributed by atoms with van der Waals surface area (Å²) in [5, 5.41) is 21.5. The van der Waals surface area contributed by atoms with Crippen molar-refractivity contribution in [1.29, 1.82) is 0 Å². The minimum atomic E-state index is -0.737. The zero-order valence-electron chi connectivity index (χ0n) is 11.6. The van der Waals surface area contributed by atoms with E-state index in [4.69, 9.17) is 4.74 Å². The Labute approximate surface area is 129 Å². The number of para-hydroxylation sites is 1. The van der Waals surface area contributed by atoms with Crippen molar-refractivity contribution in [3.63, 3.8) is 0 Å². The lowest BCUT2D eigenvalue weighted by Crippen LogP contribution is -2.15. The first-order valence-electron chi connectivity index (χ1n) is 6.45. The van der Waals surface area contributed by atoms with Gasteiger partial charge in [0.2, 0.25) is 0 Å². The van der Waals surface area contributed by atoms with Gasteiger partial charge < -0.3 is 4.74 Å². The van der Waals surface area contributed by atoms with Gasteiger partial charge in [-0.15, -0.1) is 5.10 Å². The Hall–Kier alpha value is -3.62. The van der Waals surface area contributed by atoms with Crippen LogP contribution >= 0.6 is 0 Å². The van der Waals surface area contributed by atoms with E-state index in [-0.39, 0.29) is 11.5 Å². The molecule has 0 fully saturated rings. The number of nitro benzene ring substituents is 1. The first kappa shape index (κ1) is 14.3. The molecule has 0 bridgehead atoms. The second-order valence-electron chi connectivity index (χ2n) is 4.39. The molecule has 114 valence electrons. The summed E-state index contributed by atoms with van der Waals surface area (Å²) in [6, 6.07) is 14.0. The van der Waals surface area contributed by atoms with Crippen molar-refractivity contribution >= 4 is 11.7 Å². The molecule has 0 aliphatic rings. The number of nitrogens with zero attached hydrogens (tertiary/aromatic N) is 5. The number of rotatable bonds is 4. The van der Waals surface area contributed by atoms with Crippen molar-refractivity contribution in [2.24, 2.45) is 0 Å². The van der Waals surface area contributed by atoms with Gasteiger partial charge in [-0.2, -0.15) is 4.68 Å². The van der Waals surface area contributed by atoms with Crippen LogP contribution in [-0.4, -0.2) is 31.1 Å². The Morgan fingerprint density at radius 2 is 1.78 bits per heavy atom. The van der Waals surface area contributed by atoms with Crippen LogP contribution in [0.5, 0.6) is 5.75 Å². The zero-order chi connectivity index (χ0) is 16.2. The largest absolute Gasteiger partial charge is 0.421 e. The fourth-order valence-electron chi connectivity index (χ4n) is 1.85. The number of tetrazole rings is 1. The van der Waals surface area contributed by atoms with Gasteiger partial charge in [-0.05, 0) is 34.7 Å². The van der Waals surface area contributed by atoms with Crippen LogP contribution in [0.2, 0.25) is 0 Å². The minimum absolute atomic E-state index is 0.0739. The number of non-ortho nitro benzene ring substituents is 1. The summed E-state index contributed by atoms with van der Waals surface area (Å²) < 4.78 is 6.32. The fraction of sp³-hybridized carbons (Fsp3) is 0. The number of esters is 1. The van der Waals surface area contributed by atoms with Crippen LogP contribution < -0.4 is 4.74 Å². The monoisotopic (exact) mass is 311 g/mol. The molecule has 0 N–H and O–H groups in total. The maximum atomic E-state index is 12.2. The summed E-state index contributed by atoms with van der Waals surface area (Å²) in [6.45, 7) is 0. The summed E-state index contributed by atoms with van der Waals surface area (Å²) in [7, 11) is 0. The molecule has 2 aromatic carbocycles. The quantitative estimate of drug-likeness (QED) is 0.312. The summed E-state index contributed by atoms with van der Waals surface area (Å²) in [4.78, 5) is 22.3. The van der Waals surface area contributed by atoms with Gasteiger partial charge in [-0.3, -0.25) is 10.1 Å². The smallest absolute Gasteiger partial charge is 0.383 e. The van der Waals surface area contributed by atoms with Crippen molar-refractivity contribution in [1.82, 2.24) is 20.2 Å². The van der Waals surface area contributed by atoms with E-state index in [2.05, 4.69) is 15.5 Å². The lowest BCUT2D eigenvalue weighted by Gasteiger charge is -2.05. The molecule has 0 unspecified atom stereocenters. The molecule has 3 aromatic rings. The predicted octanol–water partition coefficient (Wildman–Crippen LogP) is 1.79. The summed E-state index contributed by atoms with van der Waals surface area (Å²) in [6.07, 6.45) is 0. The SMILES string of the molecule is O=C(Oc1ccccc1)c1nnnn1-c1ccc([N+](=O)[O-])cc1. The number of carbonyl (C=O) groups is 1. The van der Waals surface area contributed by atoms with Crippen molar-refractivity contribution in [3.05, 3.63) is 70.5 Å². The third-order valence-electron chi connectivity index (χ3n) is 2.91. The van der Waals surface area contributed by atoms with E-state index in [0.29, 0.717) is 11.4 Å². The van der Waals surface area contributed by atoms with Gasteiger partial charge in [0, 0.05) is 12.1 Å². The number of hydrogen-bond donors (Lipinski definition) is 0. The Kier molecular flexibility index (Phi) is 3.75. The van der Waals surface area contributed by atoms with Gasteiger partial charge in [-0.25, -0.2) is 4.79 Å². The average Bonchev–Trinajstić information content (AvgIpc) is 3.05. The molecule has 9 nitrogen and oxygen atoms in total. The molecular weight excluding hydrogens is 302 g/mol. The Morgan fingerprint density at radius 3 is 2.43 bits per heavy atom. The minimum Gasteiger partial charge on any atom is -0.421 e. The molecule has 23 heavy (non-hydrogen) atoms. The molecular formula is C14H9N5O4. The van der Waals surface area contributed by atoms with Crippen LogP contribution in [0.4, 0.5) is 5.69 Å². The van der Waals surface area contributed by atoms with Gasteiger partial charge in [0.1, 0.15) is 5.75 Å². The van der Waals surface area contributed by atoms with Crippen molar-refractivity contribution < 1.29 is 14.5 Å². The zero-order valence-corrected chi connectivity index (χ0v) is 11.6. The second kappa shape index (κ2) is 6.02. The number of hydrogen-bond acceptors (Lipinski definition) is 7. The first-order valence-corrected chi connectivity index (χ1v) is 6.45. The summed E-state index contributed by atoms with van der Waals surface area (Å²) in [5.41, 5.74) is 0.329. The standard InChI is InChI=1S/C14H9N5O4/c20-14(23-12-4-2-1-3-5-12)13-15-16-17-18(13)10-6-8-11(9-7-10)19(21)22/h1-9H. The lowest BCUT2D eigenvalue weighted by molar-refractivity contribution is -0.384. The molecule has 0 saturated heterocycles. The van der Waals surface area contributed by atoms with Gasteiger partial charge in [0.15, 0.2) is 0 Å². The van der Waals surface area contributed by atoms with Crippen LogP contribution in [-0.2, 0) is 0 Å².